The van der Waals surface area contributed by atoms with Crippen molar-refractivity contribution in [3.8, 4) is 0 Å². The summed E-state index contributed by atoms with van der Waals surface area (Å²) in [6, 6.07) is 0. The summed E-state index contributed by atoms with van der Waals surface area (Å²) >= 11 is 0. The maximum atomic E-state index is 11.1. The molecule has 0 spiro atoms. The first kappa shape index (κ1) is 31.5. The van der Waals surface area contributed by atoms with Crippen LogP contribution in [0.4, 0.5) is 0 Å². The molecule has 4 fully saturated rings. The van der Waals surface area contributed by atoms with Crippen LogP contribution >= 0.6 is 0 Å². The molecule has 4 aliphatic carbocycles. The van der Waals surface area contributed by atoms with Crippen molar-refractivity contribution in [2.75, 3.05) is 0 Å². The lowest BCUT2D eigenvalue weighted by atomic mass is 9.61. The lowest BCUT2D eigenvalue weighted by Crippen LogP contribution is -2.35. The standard InChI is InChI=1S/C37H58O3/c1-5-6-7-8-9-10-11-12-22-37(23-24-37)35(40)20-15-27(2)32-18-19-33-29(14-13-21-36(32,33)4)16-17-30-25-31(38)26-34(39)28(30)3/h12,15-17,20,22,27,31-35,38-40H,3,5-11,13-14,18-19,21,23-26H2,1-2,4H3/t27-,31-,32-,33+,34+,35-,36-/m1/s1. The van der Waals surface area contributed by atoms with Gasteiger partial charge in [0, 0.05) is 11.8 Å². The second-order valence-electron chi connectivity index (χ2n) is 14.0. The Morgan fingerprint density at radius 3 is 2.50 bits per heavy atom. The fourth-order valence-corrected chi connectivity index (χ4v) is 8.28. The summed E-state index contributed by atoms with van der Waals surface area (Å²) in [6.45, 7) is 11.2. The second-order valence-corrected chi connectivity index (χ2v) is 14.0. The molecule has 0 radical (unpaired) electrons. The van der Waals surface area contributed by atoms with Gasteiger partial charge in [0.2, 0.25) is 0 Å². The Hall–Kier alpha value is -1.42. The van der Waals surface area contributed by atoms with Crippen molar-refractivity contribution in [1.82, 2.24) is 0 Å². The first-order valence-electron chi connectivity index (χ1n) is 16.7. The Morgan fingerprint density at radius 2 is 1.75 bits per heavy atom. The van der Waals surface area contributed by atoms with E-state index in [1.54, 1.807) is 0 Å². The number of fused-ring (bicyclic) bond motifs is 1. The Balaban J connectivity index is 1.33. The summed E-state index contributed by atoms with van der Waals surface area (Å²) in [5, 5.41) is 31.5. The molecule has 0 heterocycles. The van der Waals surface area contributed by atoms with Crippen LogP contribution in [-0.2, 0) is 0 Å². The van der Waals surface area contributed by atoms with Gasteiger partial charge in [0.25, 0.3) is 0 Å². The van der Waals surface area contributed by atoms with Crippen molar-refractivity contribution >= 4 is 0 Å². The zero-order chi connectivity index (χ0) is 28.8. The maximum absolute atomic E-state index is 11.1. The summed E-state index contributed by atoms with van der Waals surface area (Å²) in [7, 11) is 0. The summed E-state index contributed by atoms with van der Waals surface area (Å²) in [6.07, 6.45) is 30.5. The average Bonchev–Trinajstić information content (AvgIpc) is 3.63. The molecule has 40 heavy (non-hydrogen) atoms. The second kappa shape index (κ2) is 14.2. The molecule has 0 aromatic rings. The third-order valence-corrected chi connectivity index (χ3v) is 11.1. The van der Waals surface area contributed by atoms with Crippen LogP contribution in [0.3, 0.4) is 0 Å². The van der Waals surface area contributed by atoms with Crippen molar-refractivity contribution < 1.29 is 15.3 Å². The molecule has 4 saturated carbocycles. The fraction of sp³-hybridized carbons (Fsp3) is 0.730. The Labute approximate surface area is 245 Å². The van der Waals surface area contributed by atoms with Crippen LogP contribution in [-0.4, -0.2) is 33.6 Å². The lowest BCUT2D eigenvalue weighted by molar-refractivity contribution is 0.0862. The molecule has 224 valence electrons. The SMILES string of the molecule is C=C1C(=CC=C2CCC[C@]3(C)[C@@H]([C@H](C)C=C[C@@H](O)C4(C=CCCCCCCCC)CC4)CC[C@@H]23)C[C@@H](O)C[C@@H]1O. The van der Waals surface area contributed by atoms with E-state index in [0.29, 0.717) is 30.6 Å². The molecule has 7 atom stereocenters. The molecule has 4 rings (SSSR count). The fourth-order valence-electron chi connectivity index (χ4n) is 8.28. The van der Waals surface area contributed by atoms with E-state index in [2.05, 4.69) is 63.8 Å². The van der Waals surface area contributed by atoms with Gasteiger partial charge in [-0.25, -0.2) is 0 Å². The molecule has 0 saturated heterocycles. The Morgan fingerprint density at radius 1 is 1.00 bits per heavy atom. The number of unbranched alkanes of at least 4 members (excludes halogenated alkanes) is 6. The van der Waals surface area contributed by atoms with E-state index in [9.17, 15) is 15.3 Å². The summed E-state index contributed by atoms with van der Waals surface area (Å²) in [5.74, 6) is 1.67. The highest BCUT2D eigenvalue weighted by molar-refractivity contribution is 5.38. The average molecular weight is 551 g/mol. The largest absolute Gasteiger partial charge is 0.393 e. The minimum atomic E-state index is -0.630. The monoisotopic (exact) mass is 550 g/mol. The predicted octanol–water partition coefficient (Wildman–Crippen LogP) is 8.77. The zero-order valence-electron chi connectivity index (χ0n) is 25.8. The first-order chi connectivity index (χ1) is 19.2. The number of hydrogen-bond donors (Lipinski definition) is 3. The number of rotatable bonds is 13. The van der Waals surface area contributed by atoms with Gasteiger partial charge in [-0.1, -0.05) is 101 Å². The van der Waals surface area contributed by atoms with Crippen molar-refractivity contribution in [3.05, 3.63) is 59.8 Å². The molecule has 3 nitrogen and oxygen atoms in total. The molecular weight excluding hydrogens is 492 g/mol. The van der Waals surface area contributed by atoms with E-state index in [1.165, 1.54) is 69.8 Å². The van der Waals surface area contributed by atoms with Crippen molar-refractivity contribution in [3.63, 3.8) is 0 Å². The number of aliphatic hydroxyl groups is 3. The van der Waals surface area contributed by atoms with Gasteiger partial charge in [0.15, 0.2) is 0 Å². The van der Waals surface area contributed by atoms with Gasteiger partial charge in [0.1, 0.15) is 0 Å². The topological polar surface area (TPSA) is 60.7 Å². The predicted molar refractivity (Wildman–Crippen MR) is 168 cm³/mol. The molecule has 0 bridgehead atoms. The third-order valence-electron chi connectivity index (χ3n) is 11.1. The molecule has 3 N–H and O–H groups in total. The zero-order valence-corrected chi connectivity index (χ0v) is 25.8. The minimum absolute atomic E-state index is 0.0148. The van der Waals surface area contributed by atoms with Crippen LogP contribution in [0.2, 0.25) is 0 Å². The van der Waals surface area contributed by atoms with Crippen molar-refractivity contribution in [1.29, 1.82) is 0 Å². The van der Waals surface area contributed by atoms with E-state index in [4.69, 9.17) is 0 Å². The normalized spacial score (nSPS) is 35.6. The molecular formula is C37H58O3. The van der Waals surface area contributed by atoms with Gasteiger partial charge >= 0.3 is 0 Å². The van der Waals surface area contributed by atoms with Crippen molar-refractivity contribution in [2.24, 2.45) is 28.6 Å². The molecule has 3 heteroatoms. The Kier molecular flexibility index (Phi) is 11.2. The van der Waals surface area contributed by atoms with Crippen LogP contribution in [0.1, 0.15) is 124 Å². The first-order valence-corrected chi connectivity index (χ1v) is 16.7. The summed E-state index contributed by atoms with van der Waals surface area (Å²) in [5.41, 5.74) is 3.58. The van der Waals surface area contributed by atoms with E-state index < -0.39 is 12.2 Å². The number of aliphatic hydroxyl groups excluding tert-OH is 3. The van der Waals surface area contributed by atoms with Crippen LogP contribution in [0, 0.1) is 28.6 Å². The van der Waals surface area contributed by atoms with Gasteiger partial charge in [-0.2, -0.15) is 0 Å². The van der Waals surface area contributed by atoms with Crippen LogP contribution in [0.25, 0.3) is 0 Å². The lowest BCUT2D eigenvalue weighted by Gasteiger charge is -2.44. The van der Waals surface area contributed by atoms with E-state index in [1.807, 2.05) is 0 Å². The van der Waals surface area contributed by atoms with Gasteiger partial charge < -0.3 is 15.3 Å². The van der Waals surface area contributed by atoms with Crippen LogP contribution in [0.5, 0.6) is 0 Å². The molecule has 0 aliphatic heterocycles. The molecule has 4 aliphatic rings. The quantitative estimate of drug-likeness (QED) is 0.159. The van der Waals surface area contributed by atoms with E-state index in [-0.39, 0.29) is 16.9 Å². The number of hydrogen-bond acceptors (Lipinski definition) is 3. The number of allylic oxidation sites excluding steroid dienone is 5. The third kappa shape index (κ3) is 7.50. The molecule has 0 aromatic carbocycles. The van der Waals surface area contributed by atoms with E-state index >= 15 is 0 Å². The van der Waals surface area contributed by atoms with Gasteiger partial charge in [0.05, 0.1) is 18.3 Å². The van der Waals surface area contributed by atoms with Crippen LogP contribution < -0.4 is 0 Å². The minimum Gasteiger partial charge on any atom is -0.393 e. The summed E-state index contributed by atoms with van der Waals surface area (Å²) < 4.78 is 0. The van der Waals surface area contributed by atoms with Gasteiger partial charge in [-0.15, -0.1) is 0 Å². The molecule has 0 aromatic heterocycles. The van der Waals surface area contributed by atoms with Gasteiger partial charge in [-0.3, -0.25) is 0 Å². The van der Waals surface area contributed by atoms with Crippen LogP contribution in [0.15, 0.2) is 59.8 Å². The van der Waals surface area contributed by atoms with E-state index in [0.717, 1.165) is 36.8 Å². The smallest absolute Gasteiger partial charge is 0.0811 e. The maximum Gasteiger partial charge on any atom is 0.0811 e. The highest BCUT2D eigenvalue weighted by Gasteiger charge is 2.50. The molecule has 0 amide bonds. The molecule has 0 unspecified atom stereocenters. The highest BCUT2D eigenvalue weighted by atomic mass is 16.3. The van der Waals surface area contributed by atoms with Gasteiger partial charge in [-0.05, 0) is 98.5 Å². The Bertz CT molecular complexity index is 966. The highest BCUT2D eigenvalue weighted by Crippen LogP contribution is 2.59. The summed E-state index contributed by atoms with van der Waals surface area (Å²) in [4.78, 5) is 0. The van der Waals surface area contributed by atoms with Crippen molar-refractivity contribution in [2.45, 2.75) is 142 Å².